The zero-order chi connectivity index (χ0) is 15.7. The van der Waals surface area contributed by atoms with Crippen LogP contribution >= 0.6 is 11.3 Å². The molecule has 0 atom stereocenters. The standard InChI is InChI=1S/C13H8F3NO3S/c1-5-2-9(21-11(5)13(19)20)17-12(18)6-3-7(14)10(16)8(15)4-6/h2-4H,1H3,(H,17,18)(H,19,20). The van der Waals surface area contributed by atoms with Gasteiger partial charge in [-0.2, -0.15) is 0 Å². The molecule has 2 N–H and O–H groups in total. The van der Waals surface area contributed by atoms with Crippen LogP contribution in [0.2, 0.25) is 0 Å². The minimum Gasteiger partial charge on any atom is -0.477 e. The van der Waals surface area contributed by atoms with Crippen molar-refractivity contribution in [2.45, 2.75) is 6.92 Å². The first kappa shape index (κ1) is 15.0. The van der Waals surface area contributed by atoms with Gasteiger partial charge in [0.2, 0.25) is 0 Å². The Labute approximate surface area is 120 Å². The molecule has 0 saturated carbocycles. The van der Waals surface area contributed by atoms with Gasteiger partial charge in [-0.05, 0) is 30.7 Å². The molecule has 0 bridgehead atoms. The number of thiophene rings is 1. The van der Waals surface area contributed by atoms with Crippen LogP contribution in [0.1, 0.15) is 25.6 Å². The van der Waals surface area contributed by atoms with Gasteiger partial charge in [0.1, 0.15) is 4.88 Å². The fraction of sp³-hybridized carbons (Fsp3) is 0.0769. The Morgan fingerprint density at radius 3 is 2.19 bits per heavy atom. The molecule has 0 saturated heterocycles. The number of rotatable bonds is 3. The number of anilines is 1. The van der Waals surface area contributed by atoms with E-state index >= 15 is 0 Å². The number of benzene rings is 1. The van der Waals surface area contributed by atoms with E-state index in [0.29, 0.717) is 17.7 Å². The fourth-order valence-electron chi connectivity index (χ4n) is 1.63. The first-order chi connectivity index (χ1) is 9.79. The van der Waals surface area contributed by atoms with Gasteiger partial charge in [0.25, 0.3) is 5.91 Å². The van der Waals surface area contributed by atoms with Gasteiger partial charge in [0, 0.05) is 5.56 Å². The van der Waals surface area contributed by atoms with Crippen molar-refractivity contribution in [3.63, 3.8) is 0 Å². The van der Waals surface area contributed by atoms with Gasteiger partial charge in [-0.15, -0.1) is 11.3 Å². The quantitative estimate of drug-likeness (QED) is 0.853. The number of nitrogens with one attached hydrogen (secondary N) is 1. The molecule has 0 aliphatic rings. The lowest BCUT2D eigenvalue weighted by atomic mass is 10.2. The van der Waals surface area contributed by atoms with Gasteiger partial charge in [-0.25, -0.2) is 18.0 Å². The highest BCUT2D eigenvalue weighted by Crippen LogP contribution is 2.27. The molecule has 4 nitrogen and oxygen atoms in total. The SMILES string of the molecule is Cc1cc(NC(=O)c2cc(F)c(F)c(F)c2)sc1C(=O)O. The van der Waals surface area contributed by atoms with E-state index in [1.165, 1.54) is 6.07 Å². The molecule has 110 valence electrons. The van der Waals surface area contributed by atoms with Crippen molar-refractivity contribution in [1.82, 2.24) is 0 Å². The van der Waals surface area contributed by atoms with E-state index in [0.717, 1.165) is 11.3 Å². The molecular formula is C13H8F3NO3S. The number of carbonyl (C=O) groups excluding carboxylic acids is 1. The highest BCUT2D eigenvalue weighted by atomic mass is 32.1. The number of carboxylic acid groups (broad SMARTS) is 1. The highest BCUT2D eigenvalue weighted by molar-refractivity contribution is 7.18. The predicted molar refractivity (Wildman–Crippen MR) is 70.3 cm³/mol. The molecular weight excluding hydrogens is 307 g/mol. The summed E-state index contributed by atoms with van der Waals surface area (Å²) in [5, 5.41) is 11.4. The van der Waals surface area contributed by atoms with Crippen LogP contribution in [0.25, 0.3) is 0 Å². The van der Waals surface area contributed by atoms with Gasteiger partial charge in [-0.3, -0.25) is 4.79 Å². The van der Waals surface area contributed by atoms with Gasteiger partial charge in [0.05, 0.1) is 5.00 Å². The zero-order valence-electron chi connectivity index (χ0n) is 10.5. The number of hydrogen-bond donors (Lipinski definition) is 2. The van der Waals surface area contributed by atoms with E-state index in [9.17, 15) is 22.8 Å². The summed E-state index contributed by atoms with van der Waals surface area (Å²) in [6.07, 6.45) is 0. The summed E-state index contributed by atoms with van der Waals surface area (Å²) < 4.78 is 38.9. The zero-order valence-corrected chi connectivity index (χ0v) is 11.4. The Balaban J connectivity index is 2.26. The van der Waals surface area contributed by atoms with Gasteiger partial charge < -0.3 is 10.4 Å². The Hall–Kier alpha value is -2.35. The number of carbonyl (C=O) groups is 2. The van der Waals surface area contributed by atoms with Crippen LogP contribution in [-0.2, 0) is 0 Å². The second-order valence-corrected chi connectivity index (χ2v) is 5.19. The predicted octanol–water partition coefficient (Wildman–Crippen LogP) is 3.42. The second kappa shape index (κ2) is 5.57. The molecule has 0 aliphatic carbocycles. The molecule has 0 radical (unpaired) electrons. The number of halogens is 3. The molecule has 1 heterocycles. The van der Waals surface area contributed by atoms with Crippen molar-refractivity contribution in [2.75, 3.05) is 5.32 Å². The number of amides is 1. The lowest BCUT2D eigenvalue weighted by Crippen LogP contribution is -2.12. The van der Waals surface area contributed by atoms with Crippen LogP contribution in [0.15, 0.2) is 18.2 Å². The first-order valence-electron chi connectivity index (χ1n) is 5.59. The van der Waals surface area contributed by atoms with Crippen LogP contribution in [0.5, 0.6) is 0 Å². The van der Waals surface area contributed by atoms with Crippen molar-refractivity contribution in [2.24, 2.45) is 0 Å². The molecule has 0 unspecified atom stereocenters. The van der Waals surface area contributed by atoms with E-state index in [1.54, 1.807) is 6.92 Å². The lowest BCUT2D eigenvalue weighted by Gasteiger charge is -2.03. The third-order valence-corrected chi connectivity index (χ3v) is 3.74. The number of aryl methyl sites for hydroxylation is 1. The molecule has 1 aromatic heterocycles. The van der Waals surface area contributed by atoms with Crippen LogP contribution in [0, 0.1) is 24.4 Å². The molecule has 0 aliphatic heterocycles. The van der Waals surface area contributed by atoms with Crippen LogP contribution in [0.3, 0.4) is 0 Å². The number of carboxylic acids is 1. The summed E-state index contributed by atoms with van der Waals surface area (Å²) in [4.78, 5) is 22.7. The third-order valence-electron chi connectivity index (χ3n) is 2.59. The van der Waals surface area contributed by atoms with Crippen LogP contribution in [0.4, 0.5) is 18.2 Å². The molecule has 21 heavy (non-hydrogen) atoms. The number of hydrogen-bond acceptors (Lipinski definition) is 3. The van der Waals surface area contributed by atoms with Crippen molar-refractivity contribution in [3.05, 3.63) is 51.7 Å². The Morgan fingerprint density at radius 2 is 1.71 bits per heavy atom. The fourth-order valence-corrected chi connectivity index (χ4v) is 2.53. The molecule has 1 aromatic carbocycles. The van der Waals surface area contributed by atoms with E-state index in [1.807, 2.05) is 0 Å². The molecule has 0 spiro atoms. The topological polar surface area (TPSA) is 66.4 Å². The van der Waals surface area contributed by atoms with E-state index in [4.69, 9.17) is 5.11 Å². The average Bonchev–Trinajstić information content (AvgIpc) is 2.76. The normalized spacial score (nSPS) is 10.5. The average molecular weight is 315 g/mol. The minimum absolute atomic E-state index is 0.0433. The second-order valence-electron chi connectivity index (χ2n) is 4.14. The molecule has 2 rings (SSSR count). The molecule has 2 aromatic rings. The summed E-state index contributed by atoms with van der Waals surface area (Å²) in [6, 6.07) is 2.54. The summed E-state index contributed by atoms with van der Waals surface area (Å²) >= 11 is 0.809. The number of aromatic carboxylic acids is 1. The van der Waals surface area contributed by atoms with E-state index in [2.05, 4.69) is 5.32 Å². The Morgan fingerprint density at radius 1 is 1.14 bits per heavy atom. The van der Waals surface area contributed by atoms with E-state index in [-0.39, 0.29) is 9.88 Å². The Kier molecular flexibility index (Phi) is 3.99. The largest absolute Gasteiger partial charge is 0.477 e. The van der Waals surface area contributed by atoms with Gasteiger partial charge in [-0.1, -0.05) is 0 Å². The highest BCUT2D eigenvalue weighted by Gasteiger charge is 2.17. The van der Waals surface area contributed by atoms with Crippen molar-refractivity contribution in [1.29, 1.82) is 0 Å². The summed E-state index contributed by atoms with van der Waals surface area (Å²) in [5.41, 5.74) is 0.0357. The minimum atomic E-state index is -1.66. The lowest BCUT2D eigenvalue weighted by molar-refractivity contribution is 0.0701. The van der Waals surface area contributed by atoms with Crippen molar-refractivity contribution in [3.8, 4) is 0 Å². The maximum atomic E-state index is 13.0. The summed E-state index contributed by atoms with van der Waals surface area (Å²) in [6.45, 7) is 1.55. The third kappa shape index (κ3) is 3.05. The molecule has 1 amide bonds. The maximum absolute atomic E-state index is 13.0. The van der Waals surface area contributed by atoms with E-state index < -0.39 is 34.9 Å². The maximum Gasteiger partial charge on any atom is 0.346 e. The summed E-state index contributed by atoms with van der Waals surface area (Å²) in [5.74, 6) is -6.63. The monoisotopic (exact) mass is 315 g/mol. The van der Waals surface area contributed by atoms with Gasteiger partial charge in [0.15, 0.2) is 17.5 Å². The molecule has 8 heteroatoms. The summed E-state index contributed by atoms with van der Waals surface area (Å²) in [7, 11) is 0. The Bertz CT molecular complexity index is 719. The first-order valence-corrected chi connectivity index (χ1v) is 6.41. The van der Waals surface area contributed by atoms with Crippen molar-refractivity contribution < 1.29 is 27.9 Å². The van der Waals surface area contributed by atoms with Crippen molar-refractivity contribution >= 4 is 28.2 Å². The molecule has 0 fully saturated rings. The smallest absolute Gasteiger partial charge is 0.346 e. The van der Waals surface area contributed by atoms with Crippen LogP contribution in [-0.4, -0.2) is 17.0 Å². The van der Waals surface area contributed by atoms with Gasteiger partial charge >= 0.3 is 5.97 Å². The van der Waals surface area contributed by atoms with Crippen LogP contribution < -0.4 is 5.32 Å².